The number of hydrogen-bond donors (Lipinski definition) is 3. The molecule has 0 aromatic heterocycles. The minimum Gasteiger partial charge on any atom is -0.467 e. The summed E-state index contributed by atoms with van der Waals surface area (Å²) in [5, 5.41) is 16.5. The van der Waals surface area contributed by atoms with Crippen LogP contribution in [0.5, 0.6) is 0 Å². The third-order valence-electron chi connectivity index (χ3n) is 2.72. The molecule has 118 valence electrons. The predicted octanol–water partition coefficient (Wildman–Crippen LogP) is 2.12. The van der Waals surface area contributed by atoms with Gasteiger partial charge in [0.05, 0.1) is 13.3 Å². The molecule has 0 aliphatic carbocycles. The van der Waals surface area contributed by atoms with Crippen LogP contribution in [-0.2, 0) is 9.53 Å². The highest BCUT2D eigenvalue weighted by molar-refractivity contribution is 5.93. The molecule has 22 heavy (non-hydrogen) atoms. The summed E-state index contributed by atoms with van der Waals surface area (Å²) in [7, 11) is 1.26. The van der Waals surface area contributed by atoms with E-state index in [9.17, 15) is 9.59 Å². The van der Waals surface area contributed by atoms with Crippen LogP contribution in [0, 0.1) is 0 Å². The third kappa shape index (κ3) is 5.66. The molecule has 7 heteroatoms. The van der Waals surface area contributed by atoms with E-state index >= 15 is 0 Å². The molecule has 1 unspecified atom stereocenters. The van der Waals surface area contributed by atoms with Gasteiger partial charge in [-0.15, -0.1) is 6.58 Å². The van der Waals surface area contributed by atoms with Gasteiger partial charge in [-0.3, -0.25) is 0 Å². The summed E-state index contributed by atoms with van der Waals surface area (Å²) in [5.41, 5.74) is 1.97. The number of oxime groups is 1. The van der Waals surface area contributed by atoms with Crippen molar-refractivity contribution in [2.24, 2.45) is 5.16 Å². The number of nitrogens with zero attached hydrogens (tertiary/aromatic N) is 1. The zero-order valence-electron chi connectivity index (χ0n) is 12.5. The summed E-state index contributed by atoms with van der Waals surface area (Å²) < 4.78 is 4.65. The highest BCUT2D eigenvalue weighted by Gasteiger charge is 2.21. The van der Waals surface area contributed by atoms with Crippen LogP contribution in [0.3, 0.4) is 0 Å². The van der Waals surface area contributed by atoms with Crippen LogP contribution in [0.2, 0.25) is 0 Å². The molecule has 3 N–H and O–H groups in total. The van der Waals surface area contributed by atoms with E-state index in [0.717, 1.165) is 5.57 Å². The Bertz CT molecular complexity index is 567. The summed E-state index contributed by atoms with van der Waals surface area (Å²) in [6.45, 7) is 5.48. The van der Waals surface area contributed by atoms with E-state index in [0.29, 0.717) is 17.7 Å². The van der Waals surface area contributed by atoms with Crippen LogP contribution in [0.1, 0.15) is 18.9 Å². The minimum absolute atomic E-state index is 0.298. The summed E-state index contributed by atoms with van der Waals surface area (Å²) in [6.07, 6.45) is 1.57. The molecule has 1 aromatic carbocycles. The van der Waals surface area contributed by atoms with E-state index < -0.39 is 18.0 Å². The van der Waals surface area contributed by atoms with Gasteiger partial charge in [0.2, 0.25) is 0 Å². The molecule has 1 aromatic rings. The Labute approximate surface area is 128 Å². The highest BCUT2D eigenvalue weighted by Crippen LogP contribution is 2.09. The van der Waals surface area contributed by atoms with Gasteiger partial charge in [-0.2, -0.15) is 0 Å². The average Bonchev–Trinajstić information content (AvgIpc) is 2.47. The van der Waals surface area contributed by atoms with E-state index in [1.54, 1.807) is 31.2 Å². The Hall–Kier alpha value is -2.83. The molecule has 1 rings (SSSR count). The van der Waals surface area contributed by atoms with Crippen molar-refractivity contribution in [3.63, 3.8) is 0 Å². The van der Waals surface area contributed by atoms with Gasteiger partial charge in [0, 0.05) is 5.69 Å². The van der Waals surface area contributed by atoms with Crippen molar-refractivity contribution in [2.75, 3.05) is 12.4 Å². The van der Waals surface area contributed by atoms with Crippen LogP contribution in [0.4, 0.5) is 10.5 Å². The Morgan fingerprint density at radius 1 is 1.41 bits per heavy atom. The lowest BCUT2D eigenvalue weighted by Gasteiger charge is -2.17. The number of ether oxygens (including phenoxy) is 1. The maximum atomic E-state index is 11.9. The second-order valence-corrected chi connectivity index (χ2v) is 4.70. The zero-order valence-corrected chi connectivity index (χ0v) is 12.5. The van der Waals surface area contributed by atoms with Gasteiger partial charge in [-0.05, 0) is 31.0 Å². The molecule has 0 heterocycles. The van der Waals surface area contributed by atoms with E-state index in [4.69, 9.17) is 5.21 Å². The highest BCUT2D eigenvalue weighted by atomic mass is 16.5. The lowest BCUT2D eigenvalue weighted by atomic mass is 10.1. The first-order valence-corrected chi connectivity index (χ1v) is 6.53. The number of amides is 2. The van der Waals surface area contributed by atoms with E-state index in [-0.39, 0.29) is 0 Å². The topological polar surface area (TPSA) is 100 Å². The molecule has 0 radical (unpaired) electrons. The van der Waals surface area contributed by atoms with Gasteiger partial charge in [-0.1, -0.05) is 22.9 Å². The fourth-order valence-corrected chi connectivity index (χ4v) is 1.73. The van der Waals surface area contributed by atoms with E-state index in [2.05, 4.69) is 27.1 Å². The molecule has 0 saturated heterocycles. The van der Waals surface area contributed by atoms with Crippen molar-refractivity contribution >= 4 is 23.9 Å². The maximum absolute atomic E-state index is 11.9. The molecule has 2 amide bonds. The minimum atomic E-state index is -0.789. The maximum Gasteiger partial charge on any atom is 0.328 e. The monoisotopic (exact) mass is 305 g/mol. The molecule has 0 bridgehead atoms. The van der Waals surface area contributed by atoms with Crippen LogP contribution < -0.4 is 10.6 Å². The zero-order chi connectivity index (χ0) is 16.5. The normalized spacial score (nSPS) is 11.7. The van der Waals surface area contributed by atoms with Gasteiger partial charge in [-0.25, -0.2) is 9.59 Å². The van der Waals surface area contributed by atoms with E-state index in [1.165, 1.54) is 13.3 Å². The van der Waals surface area contributed by atoms with Crippen molar-refractivity contribution < 1.29 is 19.5 Å². The van der Waals surface area contributed by atoms with Crippen molar-refractivity contribution in [1.82, 2.24) is 5.32 Å². The van der Waals surface area contributed by atoms with Crippen molar-refractivity contribution in [3.8, 4) is 0 Å². The third-order valence-corrected chi connectivity index (χ3v) is 2.72. The Morgan fingerprint density at radius 2 is 2.05 bits per heavy atom. The SMILES string of the molecule is C=C(C)CC(NC(=O)Nc1ccc(C=NO)cc1)C(=O)OC. The van der Waals surface area contributed by atoms with Gasteiger partial charge in [0.25, 0.3) is 0 Å². The van der Waals surface area contributed by atoms with E-state index in [1.807, 2.05) is 0 Å². The number of benzene rings is 1. The van der Waals surface area contributed by atoms with Crippen molar-refractivity contribution in [1.29, 1.82) is 0 Å². The molecule has 0 fully saturated rings. The Kier molecular flexibility index (Phi) is 6.62. The summed E-state index contributed by atoms with van der Waals surface area (Å²) >= 11 is 0. The quantitative estimate of drug-likeness (QED) is 0.246. The number of carbonyl (C=O) groups is 2. The number of hydrogen-bond acceptors (Lipinski definition) is 5. The lowest BCUT2D eigenvalue weighted by Crippen LogP contribution is -2.43. The van der Waals surface area contributed by atoms with Gasteiger partial charge < -0.3 is 20.6 Å². The fraction of sp³-hybridized carbons (Fsp3) is 0.267. The van der Waals surface area contributed by atoms with Gasteiger partial charge in [0.15, 0.2) is 0 Å². The predicted molar refractivity (Wildman–Crippen MR) is 83.2 cm³/mol. The molecule has 7 nitrogen and oxygen atoms in total. The van der Waals surface area contributed by atoms with Gasteiger partial charge >= 0.3 is 12.0 Å². The first kappa shape index (κ1) is 17.2. The number of urea groups is 1. The molecule has 0 aliphatic heterocycles. The van der Waals surface area contributed by atoms with Crippen molar-refractivity contribution in [3.05, 3.63) is 42.0 Å². The Balaban J connectivity index is 2.66. The lowest BCUT2D eigenvalue weighted by molar-refractivity contribution is -0.142. The van der Waals surface area contributed by atoms with Crippen molar-refractivity contribution in [2.45, 2.75) is 19.4 Å². The fourth-order valence-electron chi connectivity index (χ4n) is 1.73. The summed E-state index contributed by atoms with van der Waals surface area (Å²) in [5.74, 6) is -0.535. The van der Waals surface area contributed by atoms with Gasteiger partial charge in [0.1, 0.15) is 6.04 Å². The number of carbonyl (C=O) groups excluding carboxylic acids is 2. The first-order valence-electron chi connectivity index (χ1n) is 6.53. The molecule has 0 saturated carbocycles. The largest absolute Gasteiger partial charge is 0.467 e. The standard InChI is InChI=1S/C15H19N3O4/c1-10(2)8-13(14(19)22-3)18-15(20)17-12-6-4-11(5-7-12)9-16-21/h4-7,9,13,21H,1,8H2,2-3H3,(H2,17,18,20). The molecule has 0 spiro atoms. The number of rotatable bonds is 6. The Morgan fingerprint density at radius 3 is 2.55 bits per heavy atom. The van der Waals surface area contributed by atoms with Crippen LogP contribution in [0.25, 0.3) is 0 Å². The van der Waals surface area contributed by atoms with Crippen LogP contribution >= 0.6 is 0 Å². The first-order chi connectivity index (χ1) is 10.5. The average molecular weight is 305 g/mol. The summed E-state index contributed by atoms with van der Waals surface area (Å²) in [4.78, 5) is 23.5. The molecule has 1 atom stereocenters. The number of methoxy groups -OCH3 is 1. The molecular weight excluding hydrogens is 286 g/mol. The second kappa shape index (κ2) is 8.46. The second-order valence-electron chi connectivity index (χ2n) is 4.70. The molecular formula is C15H19N3O4. The number of esters is 1. The summed E-state index contributed by atoms with van der Waals surface area (Å²) in [6, 6.07) is 5.30. The number of nitrogens with one attached hydrogen (secondary N) is 2. The van der Waals surface area contributed by atoms with Crippen LogP contribution in [-0.4, -0.2) is 36.6 Å². The molecule has 0 aliphatic rings. The van der Waals surface area contributed by atoms with Crippen LogP contribution in [0.15, 0.2) is 41.6 Å². The smallest absolute Gasteiger partial charge is 0.328 e. The number of anilines is 1.